The fourth-order valence-electron chi connectivity index (χ4n) is 6.56. The highest BCUT2D eigenvalue weighted by Crippen LogP contribution is 2.16. The first-order valence-electron chi connectivity index (χ1n) is 21.1. The first-order chi connectivity index (χ1) is 23.5. The summed E-state index contributed by atoms with van der Waals surface area (Å²) in [5.74, 6) is -0.583. The second-order valence-electron chi connectivity index (χ2n) is 14.7. The molecule has 0 heterocycles. The standard InChI is InChI=1S/C42H83NO5/c1-3-5-7-9-11-13-15-17-19-20-21-22-24-25-27-29-31-33-35-39(45)41(47)38(37-44)43-42(48)40(46)36-34-32-30-28-26-23-18-16-14-12-10-8-6-4-2/h9,11,38-41,44-47H,3-8,10,12-37H2,1-2H3,(H,43,48). The summed E-state index contributed by atoms with van der Waals surface area (Å²) in [6, 6.07) is -0.981. The molecule has 0 aliphatic rings. The molecule has 0 aromatic heterocycles. The van der Waals surface area contributed by atoms with Gasteiger partial charge in [-0.05, 0) is 32.1 Å². The molecule has 6 heteroatoms. The predicted octanol–water partition coefficient (Wildman–Crippen LogP) is 10.6. The summed E-state index contributed by atoms with van der Waals surface area (Å²) >= 11 is 0. The van der Waals surface area contributed by atoms with Crippen LogP contribution in [-0.2, 0) is 4.79 Å². The predicted molar refractivity (Wildman–Crippen MR) is 205 cm³/mol. The van der Waals surface area contributed by atoms with Crippen LogP contribution in [0, 0.1) is 0 Å². The molecule has 0 aromatic carbocycles. The highest BCUT2D eigenvalue weighted by molar-refractivity contribution is 5.80. The largest absolute Gasteiger partial charge is 0.394 e. The summed E-state index contributed by atoms with van der Waals surface area (Å²) in [6.07, 6.45) is 39.4. The van der Waals surface area contributed by atoms with Crippen LogP contribution in [0.4, 0.5) is 0 Å². The Balaban J connectivity index is 3.73. The molecule has 4 unspecified atom stereocenters. The zero-order chi connectivity index (χ0) is 35.3. The van der Waals surface area contributed by atoms with Crippen LogP contribution in [-0.4, -0.2) is 57.3 Å². The number of nitrogens with one attached hydrogen (secondary N) is 1. The Hall–Kier alpha value is -0.950. The van der Waals surface area contributed by atoms with Gasteiger partial charge in [0.1, 0.15) is 12.2 Å². The molecule has 0 radical (unpaired) electrons. The zero-order valence-electron chi connectivity index (χ0n) is 32.0. The van der Waals surface area contributed by atoms with Crippen LogP contribution in [0.1, 0.15) is 219 Å². The Morgan fingerprint density at radius 3 is 1.27 bits per heavy atom. The lowest BCUT2D eigenvalue weighted by Gasteiger charge is -2.27. The van der Waals surface area contributed by atoms with Crippen molar-refractivity contribution < 1.29 is 25.2 Å². The second kappa shape index (κ2) is 37.3. The maximum atomic E-state index is 12.5. The summed E-state index contributed by atoms with van der Waals surface area (Å²) in [5, 5.41) is 43.6. The Morgan fingerprint density at radius 1 is 0.500 bits per heavy atom. The molecule has 1 amide bonds. The second-order valence-corrected chi connectivity index (χ2v) is 14.7. The first-order valence-corrected chi connectivity index (χ1v) is 21.1. The Labute approximate surface area is 298 Å². The summed E-state index contributed by atoms with van der Waals surface area (Å²) in [7, 11) is 0. The number of rotatable bonds is 38. The van der Waals surface area contributed by atoms with Gasteiger partial charge in [0.2, 0.25) is 5.91 Å². The fourth-order valence-corrected chi connectivity index (χ4v) is 6.56. The van der Waals surface area contributed by atoms with Crippen molar-refractivity contribution in [3.63, 3.8) is 0 Å². The number of allylic oxidation sites excluding steroid dienone is 2. The van der Waals surface area contributed by atoms with Gasteiger partial charge in [-0.15, -0.1) is 0 Å². The third kappa shape index (κ3) is 31.1. The number of aliphatic hydroxyl groups is 4. The molecular weight excluding hydrogens is 598 g/mol. The van der Waals surface area contributed by atoms with Crippen LogP contribution >= 0.6 is 0 Å². The molecule has 5 N–H and O–H groups in total. The van der Waals surface area contributed by atoms with E-state index in [9.17, 15) is 25.2 Å². The van der Waals surface area contributed by atoms with E-state index in [2.05, 4.69) is 31.3 Å². The van der Waals surface area contributed by atoms with Crippen LogP contribution in [0.2, 0.25) is 0 Å². The SMILES string of the molecule is CCCCC=CCCCCCCCCCCCCCCC(O)C(O)C(CO)NC(=O)C(O)CCCCCCCCCCCCCCCC. The normalized spacial score (nSPS) is 14.4. The molecule has 0 aliphatic heterocycles. The fraction of sp³-hybridized carbons (Fsp3) is 0.929. The average Bonchev–Trinajstić information content (AvgIpc) is 3.09. The molecule has 48 heavy (non-hydrogen) atoms. The molecule has 0 saturated carbocycles. The van der Waals surface area contributed by atoms with E-state index in [4.69, 9.17) is 0 Å². The lowest BCUT2D eigenvalue weighted by molar-refractivity contribution is -0.132. The number of hydrogen-bond donors (Lipinski definition) is 5. The molecule has 0 aromatic rings. The molecule has 4 atom stereocenters. The number of hydrogen-bond acceptors (Lipinski definition) is 5. The van der Waals surface area contributed by atoms with Gasteiger partial charge in [0.25, 0.3) is 0 Å². The molecule has 0 saturated heterocycles. The van der Waals surface area contributed by atoms with Crippen LogP contribution < -0.4 is 5.32 Å². The molecule has 286 valence electrons. The average molecular weight is 682 g/mol. The summed E-state index contributed by atoms with van der Waals surface area (Å²) < 4.78 is 0. The van der Waals surface area contributed by atoms with Crippen molar-refractivity contribution >= 4 is 5.91 Å². The summed E-state index contributed by atoms with van der Waals surface area (Å²) in [4.78, 5) is 12.5. The van der Waals surface area contributed by atoms with E-state index in [0.29, 0.717) is 12.8 Å². The van der Waals surface area contributed by atoms with Crippen molar-refractivity contribution in [3.05, 3.63) is 12.2 Å². The maximum Gasteiger partial charge on any atom is 0.249 e. The van der Waals surface area contributed by atoms with Crippen molar-refractivity contribution in [2.75, 3.05) is 6.61 Å². The Kier molecular flexibility index (Phi) is 36.6. The van der Waals surface area contributed by atoms with Crippen LogP contribution in [0.3, 0.4) is 0 Å². The van der Waals surface area contributed by atoms with Gasteiger partial charge in [0.15, 0.2) is 0 Å². The quantitative estimate of drug-likeness (QED) is 0.0329. The van der Waals surface area contributed by atoms with Gasteiger partial charge < -0.3 is 25.7 Å². The van der Waals surface area contributed by atoms with Gasteiger partial charge in [0.05, 0.1) is 18.8 Å². The van der Waals surface area contributed by atoms with Gasteiger partial charge in [-0.1, -0.05) is 199 Å². The minimum absolute atomic E-state index is 0.373. The van der Waals surface area contributed by atoms with Gasteiger partial charge in [-0.25, -0.2) is 0 Å². The van der Waals surface area contributed by atoms with E-state index in [-0.39, 0.29) is 0 Å². The number of aliphatic hydroxyl groups excluding tert-OH is 4. The smallest absolute Gasteiger partial charge is 0.249 e. The van der Waals surface area contributed by atoms with Crippen LogP contribution in [0.15, 0.2) is 12.2 Å². The zero-order valence-corrected chi connectivity index (χ0v) is 32.0. The lowest BCUT2D eigenvalue weighted by Crippen LogP contribution is -2.53. The summed E-state index contributed by atoms with van der Waals surface area (Å²) in [6.45, 7) is 4.02. The van der Waals surface area contributed by atoms with Crippen molar-refractivity contribution in [1.29, 1.82) is 0 Å². The van der Waals surface area contributed by atoms with Crippen molar-refractivity contribution in [2.45, 2.75) is 244 Å². The van der Waals surface area contributed by atoms with Gasteiger partial charge in [-0.2, -0.15) is 0 Å². The van der Waals surface area contributed by atoms with Gasteiger partial charge in [0, 0.05) is 0 Å². The van der Waals surface area contributed by atoms with E-state index in [1.54, 1.807) is 0 Å². The Morgan fingerprint density at radius 2 is 0.854 bits per heavy atom. The highest BCUT2D eigenvalue weighted by atomic mass is 16.3. The van der Waals surface area contributed by atoms with E-state index >= 15 is 0 Å². The van der Waals surface area contributed by atoms with E-state index < -0.39 is 36.9 Å². The third-order valence-electron chi connectivity index (χ3n) is 9.98. The molecule has 0 aliphatic carbocycles. The first kappa shape index (κ1) is 47.0. The molecule has 6 nitrogen and oxygen atoms in total. The summed E-state index contributed by atoms with van der Waals surface area (Å²) in [5.41, 5.74) is 0. The lowest BCUT2D eigenvalue weighted by atomic mass is 9.99. The van der Waals surface area contributed by atoms with Crippen molar-refractivity contribution in [3.8, 4) is 0 Å². The van der Waals surface area contributed by atoms with E-state index in [1.807, 2.05) is 0 Å². The molecule has 0 spiro atoms. The van der Waals surface area contributed by atoms with Gasteiger partial charge in [-0.3, -0.25) is 4.79 Å². The molecular formula is C42H83NO5. The van der Waals surface area contributed by atoms with E-state index in [1.165, 1.54) is 154 Å². The van der Waals surface area contributed by atoms with E-state index in [0.717, 1.165) is 38.5 Å². The maximum absolute atomic E-state index is 12.5. The van der Waals surface area contributed by atoms with Gasteiger partial charge >= 0.3 is 0 Å². The number of amides is 1. The number of unbranched alkanes of at least 4 members (excludes halogenated alkanes) is 27. The van der Waals surface area contributed by atoms with Crippen LogP contribution in [0.5, 0.6) is 0 Å². The minimum atomic E-state index is -1.26. The monoisotopic (exact) mass is 682 g/mol. The molecule has 0 bridgehead atoms. The molecule has 0 fully saturated rings. The van der Waals surface area contributed by atoms with Crippen LogP contribution in [0.25, 0.3) is 0 Å². The molecule has 0 rings (SSSR count). The van der Waals surface area contributed by atoms with Crippen molar-refractivity contribution in [1.82, 2.24) is 5.32 Å². The minimum Gasteiger partial charge on any atom is -0.394 e. The topological polar surface area (TPSA) is 110 Å². The third-order valence-corrected chi connectivity index (χ3v) is 9.98. The number of carbonyl (C=O) groups is 1. The van der Waals surface area contributed by atoms with Crippen molar-refractivity contribution in [2.24, 2.45) is 0 Å². The highest BCUT2D eigenvalue weighted by Gasteiger charge is 2.28. The Bertz CT molecular complexity index is 687. The number of carbonyl (C=O) groups excluding carboxylic acids is 1.